The number of non-ortho nitro benzene ring substituents is 1. The number of hydrogen-bond donors (Lipinski definition) is 1. The third-order valence-corrected chi connectivity index (χ3v) is 2.50. The van der Waals surface area contributed by atoms with Crippen molar-refractivity contribution in [2.75, 3.05) is 11.9 Å². The molecule has 0 atom stereocenters. The second-order valence-corrected chi connectivity index (χ2v) is 3.78. The van der Waals surface area contributed by atoms with Gasteiger partial charge < -0.3 is 9.84 Å². The molecule has 0 aliphatic carbocycles. The molecule has 0 aliphatic heterocycles. The van der Waals surface area contributed by atoms with E-state index in [0.717, 1.165) is 11.3 Å². The molecular formula is C11H12N4O3. The predicted molar refractivity (Wildman–Crippen MR) is 64.3 cm³/mol. The van der Waals surface area contributed by atoms with Crippen LogP contribution in [-0.4, -0.2) is 21.6 Å². The number of nitro benzene ring substituents is 1. The van der Waals surface area contributed by atoms with Crippen LogP contribution in [0.3, 0.4) is 0 Å². The van der Waals surface area contributed by atoms with Crippen LogP contribution in [0.2, 0.25) is 0 Å². The minimum Gasteiger partial charge on any atom is -0.384 e. The van der Waals surface area contributed by atoms with Crippen molar-refractivity contribution < 1.29 is 9.45 Å². The van der Waals surface area contributed by atoms with E-state index in [1.807, 2.05) is 6.92 Å². The lowest BCUT2D eigenvalue weighted by atomic mass is 10.2. The summed E-state index contributed by atoms with van der Waals surface area (Å²) in [6.45, 7) is 2.47. The lowest BCUT2D eigenvalue weighted by molar-refractivity contribution is -0.384. The van der Waals surface area contributed by atoms with Crippen LogP contribution in [0, 0.1) is 17.0 Å². The van der Waals surface area contributed by atoms with Gasteiger partial charge in [-0.2, -0.15) is 4.98 Å². The summed E-state index contributed by atoms with van der Waals surface area (Å²) >= 11 is 0. The number of nitrogens with one attached hydrogen (secondary N) is 1. The molecule has 0 unspecified atom stereocenters. The smallest absolute Gasteiger partial charge is 0.271 e. The van der Waals surface area contributed by atoms with E-state index >= 15 is 0 Å². The maximum Gasteiger partial charge on any atom is 0.271 e. The van der Waals surface area contributed by atoms with E-state index in [2.05, 4.69) is 20.0 Å². The third-order valence-electron chi connectivity index (χ3n) is 2.50. The van der Waals surface area contributed by atoms with Gasteiger partial charge in [-0.05, 0) is 12.5 Å². The van der Waals surface area contributed by atoms with Gasteiger partial charge in [-0.15, -0.1) is 0 Å². The van der Waals surface area contributed by atoms with E-state index in [1.165, 1.54) is 18.5 Å². The largest absolute Gasteiger partial charge is 0.384 e. The highest BCUT2D eigenvalue weighted by Gasteiger charge is 2.08. The first-order chi connectivity index (χ1) is 8.66. The molecule has 2 aromatic rings. The topological polar surface area (TPSA) is 94.1 Å². The van der Waals surface area contributed by atoms with E-state index in [9.17, 15) is 10.1 Å². The molecule has 7 nitrogen and oxygen atoms in total. The van der Waals surface area contributed by atoms with Gasteiger partial charge in [-0.25, -0.2) is 0 Å². The number of aryl methyl sites for hydroxylation is 1. The van der Waals surface area contributed by atoms with Gasteiger partial charge in [0.2, 0.25) is 6.39 Å². The molecule has 2 rings (SSSR count). The molecule has 0 aliphatic rings. The Morgan fingerprint density at radius 2 is 2.33 bits per heavy atom. The molecule has 0 bridgehead atoms. The monoisotopic (exact) mass is 248 g/mol. The van der Waals surface area contributed by atoms with Crippen molar-refractivity contribution in [2.45, 2.75) is 13.3 Å². The van der Waals surface area contributed by atoms with Gasteiger partial charge >= 0.3 is 0 Å². The first kappa shape index (κ1) is 12.0. The first-order valence-electron chi connectivity index (χ1n) is 5.41. The number of hydrogen-bond acceptors (Lipinski definition) is 6. The summed E-state index contributed by atoms with van der Waals surface area (Å²) in [5.74, 6) is 0.602. The summed E-state index contributed by atoms with van der Waals surface area (Å²) in [6.07, 6.45) is 1.87. The number of benzene rings is 1. The molecule has 0 radical (unpaired) electrons. The maximum atomic E-state index is 10.7. The van der Waals surface area contributed by atoms with E-state index in [4.69, 9.17) is 0 Å². The molecule has 1 heterocycles. The van der Waals surface area contributed by atoms with Gasteiger partial charge in [-0.1, -0.05) is 11.2 Å². The molecular weight excluding hydrogens is 236 g/mol. The van der Waals surface area contributed by atoms with Crippen LogP contribution in [0.5, 0.6) is 0 Å². The molecule has 0 fully saturated rings. The van der Waals surface area contributed by atoms with Crippen LogP contribution < -0.4 is 5.32 Å². The Morgan fingerprint density at radius 3 is 3.00 bits per heavy atom. The lowest BCUT2D eigenvalue weighted by Gasteiger charge is -2.07. The normalized spacial score (nSPS) is 10.3. The van der Waals surface area contributed by atoms with Crippen molar-refractivity contribution in [1.29, 1.82) is 0 Å². The Labute approximate surface area is 103 Å². The molecule has 1 aromatic heterocycles. The van der Waals surface area contributed by atoms with Crippen LogP contribution in [0.4, 0.5) is 11.4 Å². The lowest BCUT2D eigenvalue weighted by Crippen LogP contribution is -2.07. The van der Waals surface area contributed by atoms with Crippen LogP contribution in [0.25, 0.3) is 0 Å². The molecule has 94 valence electrons. The Morgan fingerprint density at radius 1 is 1.50 bits per heavy atom. The Bertz CT molecular complexity index is 539. The zero-order chi connectivity index (χ0) is 13.0. The van der Waals surface area contributed by atoms with Crippen LogP contribution in [0.15, 0.2) is 29.1 Å². The molecule has 1 N–H and O–H groups in total. The van der Waals surface area contributed by atoms with Crippen molar-refractivity contribution in [3.8, 4) is 0 Å². The minimum atomic E-state index is -0.413. The van der Waals surface area contributed by atoms with Gasteiger partial charge in [0, 0.05) is 30.8 Å². The average Bonchev–Trinajstić information content (AvgIpc) is 2.84. The summed E-state index contributed by atoms with van der Waals surface area (Å²) in [4.78, 5) is 14.1. The summed E-state index contributed by atoms with van der Waals surface area (Å²) in [5.41, 5.74) is 1.77. The SMILES string of the molecule is Cc1ccc([N+](=O)[O-])cc1NCCc1ncon1. The second kappa shape index (κ2) is 5.26. The molecule has 18 heavy (non-hydrogen) atoms. The van der Waals surface area contributed by atoms with Gasteiger partial charge in [0.25, 0.3) is 5.69 Å². The summed E-state index contributed by atoms with van der Waals surface area (Å²) < 4.78 is 4.61. The van der Waals surface area contributed by atoms with E-state index in [0.29, 0.717) is 18.8 Å². The van der Waals surface area contributed by atoms with Crippen LogP contribution in [-0.2, 0) is 6.42 Å². The summed E-state index contributed by atoms with van der Waals surface area (Å²) in [6, 6.07) is 4.72. The highest BCUT2D eigenvalue weighted by atomic mass is 16.6. The van der Waals surface area contributed by atoms with Crippen molar-refractivity contribution >= 4 is 11.4 Å². The first-order valence-corrected chi connectivity index (χ1v) is 5.41. The molecule has 0 saturated carbocycles. The maximum absolute atomic E-state index is 10.7. The van der Waals surface area contributed by atoms with E-state index in [-0.39, 0.29) is 5.69 Å². The highest BCUT2D eigenvalue weighted by molar-refractivity contribution is 5.56. The molecule has 0 amide bonds. The summed E-state index contributed by atoms with van der Waals surface area (Å²) in [7, 11) is 0. The van der Waals surface area contributed by atoms with Crippen molar-refractivity contribution in [3.63, 3.8) is 0 Å². The Balaban J connectivity index is 2.00. The number of nitro groups is 1. The standard InChI is InChI=1S/C11H12N4O3/c1-8-2-3-9(15(16)17)6-10(8)12-5-4-11-13-7-18-14-11/h2-3,6-7,12H,4-5H2,1H3. The van der Waals surface area contributed by atoms with Gasteiger partial charge in [0.05, 0.1) is 4.92 Å². The minimum absolute atomic E-state index is 0.0719. The van der Waals surface area contributed by atoms with Crippen LogP contribution in [0.1, 0.15) is 11.4 Å². The number of rotatable bonds is 5. The van der Waals surface area contributed by atoms with Crippen molar-refractivity contribution in [1.82, 2.24) is 10.1 Å². The van der Waals surface area contributed by atoms with E-state index < -0.39 is 4.92 Å². The molecule has 7 heteroatoms. The zero-order valence-electron chi connectivity index (χ0n) is 9.79. The predicted octanol–water partition coefficient (Wildman–Crippen LogP) is 1.94. The summed E-state index contributed by atoms with van der Waals surface area (Å²) in [5, 5.41) is 17.5. The van der Waals surface area contributed by atoms with E-state index in [1.54, 1.807) is 6.07 Å². The number of anilines is 1. The highest BCUT2D eigenvalue weighted by Crippen LogP contribution is 2.21. The van der Waals surface area contributed by atoms with Crippen LogP contribution >= 0.6 is 0 Å². The third kappa shape index (κ3) is 2.82. The fourth-order valence-electron chi connectivity index (χ4n) is 1.53. The average molecular weight is 248 g/mol. The Kier molecular flexibility index (Phi) is 3.52. The number of aromatic nitrogens is 2. The number of nitrogens with zero attached hydrogens (tertiary/aromatic N) is 3. The van der Waals surface area contributed by atoms with Gasteiger partial charge in [0.15, 0.2) is 5.82 Å². The molecule has 0 saturated heterocycles. The zero-order valence-corrected chi connectivity index (χ0v) is 9.79. The van der Waals surface area contributed by atoms with Crippen molar-refractivity contribution in [2.24, 2.45) is 0 Å². The second-order valence-electron chi connectivity index (χ2n) is 3.78. The van der Waals surface area contributed by atoms with Gasteiger partial charge in [0.1, 0.15) is 0 Å². The fraction of sp³-hybridized carbons (Fsp3) is 0.273. The quantitative estimate of drug-likeness (QED) is 0.641. The fourth-order valence-corrected chi connectivity index (χ4v) is 1.53. The van der Waals surface area contributed by atoms with Gasteiger partial charge in [-0.3, -0.25) is 10.1 Å². The molecule has 0 spiro atoms. The Hall–Kier alpha value is -2.44. The van der Waals surface area contributed by atoms with Crippen molar-refractivity contribution in [3.05, 3.63) is 46.1 Å². The molecule has 1 aromatic carbocycles.